The second kappa shape index (κ2) is 6.25. The average Bonchev–Trinajstić information content (AvgIpc) is 2.28. The number of carbonyl (C=O) groups is 1. The Morgan fingerprint density at radius 1 is 1.31 bits per heavy atom. The predicted octanol–water partition coefficient (Wildman–Crippen LogP) is 1.61. The van der Waals surface area contributed by atoms with E-state index in [2.05, 4.69) is 5.48 Å². The van der Waals surface area contributed by atoms with Crippen LogP contribution in [0.3, 0.4) is 0 Å². The smallest absolute Gasteiger partial charge is 0.275 e. The fourth-order valence-corrected chi connectivity index (χ4v) is 1.29. The zero-order chi connectivity index (χ0) is 12.0. The highest BCUT2D eigenvalue weighted by Gasteiger charge is 2.09. The molecule has 0 radical (unpaired) electrons. The van der Waals surface area contributed by atoms with Gasteiger partial charge < -0.3 is 4.74 Å². The molecule has 0 aliphatic carbocycles. The molecule has 4 heteroatoms. The third-order valence-corrected chi connectivity index (χ3v) is 2.40. The van der Waals surface area contributed by atoms with Crippen molar-refractivity contribution < 1.29 is 14.4 Å². The van der Waals surface area contributed by atoms with Gasteiger partial charge >= 0.3 is 0 Å². The molecule has 1 aromatic carbocycles. The fraction of sp³-hybridized carbons (Fsp3) is 0.417. The van der Waals surface area contributed by atoms with E-state index < -0.39 is 0 Å². The van der Waals surface area contributed by atoms with Gasteiger partial charge in [0.25, 0.3) is 5.91 Å². The molecule has 0 bridgehead atoms. The number of amides is 1. The van der Waals surface area contributed by atoms with Crippen LogP contribution in [-0.4, -0.2) is 26.2 Å². The van der Waals surface area contributed by atoms with Crippen molar-refractivity contribution in [3.05, 3.63) is 34.9 Å². The molecule has 88 valence electrons. The van der Waals surface area contributed by atoms with Crippen LogP contribution in [0.2, 0.25) is 0 Å². The van der Waals surface area contributed by atoms with Gasteiger partial charge in [0.2, 0.25) is 0 Å². The lowest BCUT2D eigenvalue weighted by Crippen LogP contribution is -2.26. The highest BCUT2D eigenvalue weighted by atomic mass is 16.7. The standard InChI is InChI=1S/C12H17NO3/c1-9-5-4-6-11(10(9)2)12(14)13-16-8-7-15-3/h4-6H,7-8H2,1-3H3,(H,13,14). The van der Waals surface area contributed by atoms with Crippen molar-refractivity contribution in [1.82, 2.24) is 5.48 Å². The van der Waals surface area contributed by atoms with Gasteiger partial charge in [0.15, 0.2) is 0 Å². The highest BCUT2D eigenvalue weighted by molar-refractivity contribution is 5.95. The summed E-state index contributed by atoms with van der Waals surface area (Å²) in [6, 6.07) is 5.60. The average molecular weight is 223 g/mol. The monoisotopic (exact) mass is 223 g/mol. The van der Waals surface area contributed by atoms with Gasteiger partial charge in [-0.1, -0.05) is 12.1 Å². The number of ether oxygens (including phenoxy) is 1. The lowest BCUT2D eigenvalue weighted by atomic mass is 10.0. The maximum absolute atomic E-state index is 11.7. The SMILES string of the molecule is COCCONC(=O)c1cccc(C)c1C. The Hall–Kier alpha value is -1.39. The Bertz CT molecular complexity index is 363. The largest absolute Gasteiger partial charge is 0.382 e. The molecule has 0 aliphatic heterocycles. The van der Waals surface area contributed by atoms with E-state index in [-0.39, 0.29) is 5.91 Å². The number of carbonyl (C=O) groups excluding carboxylic acids is 1. The molecule has 0 aliphatic rings. The van der Waals surface area contributed by atoms with E-state index in [1.807, 2.05) is 26.0 Å². The fourth-order valence-electron chi connectivity index (χ4n) is 1.29. The number of aryl methyl sites for hydroxylation is 1. The van der Waals surface area contributed by atoms with Gasteiger partial charge in [-0.15, -0.1) is 0 Å². The van der Waals surface area contributed by atoms with Crippen LogP contribution < -0.4 is 5.48 Å². The lowest BCUT2D eigenvalue weighted by Gasteiger charge is -2.09. The summed E-state index contributed by atoms with van der Waals surface area (Å²) in [4.78, 5) is 16.7. The summed E-state index contributed by atoms with van der Waals surface area (Å²) in [5, 5.41) is 0. The van der Waals surface area contributed by atoms with Crippen molar-refractivity contribution in [1.29, 1.82) is 0 Å². The molecule has 0 spiro atoms. The Kier molecular flexibility index (Phi) is 4.95. The van der Waals surface area contributed by atoms with Crippen molar-refractivity contribution in [3.8, 4) is 0 Å². The quantitative estimate of drug-likeness (QED) is 0.609. The normalized spacial score (nSPS) is 10.2. The molecular weight excluding hydrogens is 206 g/mol. The summed E-state index contributed by atoms with van der Waals surface area (Å²) in [6.45, 7) is 4.68. The van der Waals surface area contributed by atoms with Crippen LogP contribution in [0.15, 0.2) is 18.2 Å². The predicted molar refractivity (Wildman–Crippen MR) is 61.2 cm³/mol. The van der Waals surface area contributed by atoms with E-state index in [1.54, 1.807) is 13.2 Å². The lowest BCUT2D eigenvalue weighted by molar-refractivity contribution is 0.00884. The topological polar surface area (TPSA) is 47.6 Å². The molecule has 1 aromatic rings. The summed E-state index contributed by atoms with van der Waals surface area (Å²) in [5.41, 5.74) is 5.07. The van der Waals surface area contributed by atoms with Gasteiger partial charge in [0, 0.05) is 12.7 Å². The van der Waals surface area contributed by atoms with E-state index in [9.17, 15) is 4.79 Å². The summed E-state index contributed by atoms with van der Waals surface area (Å²) in [5.74, 6) is -0.225. The van der Waals surface area contributed by atoms with Crippen molar-refractivity contribution in [2.45, 2.75) is 13.8 Å². The van der Waals surface area contributed by atoms with E-state index in [1.165, 1.54) is 0 Å². The number of nitrogens with one attached hydrogen (secondary N) is 1. The van der Waals surface area contributed by atoms with Gasteiger partial charge in [0.1, 0.15) is 0 Å². The van der Waals surface area contributed by atoms with Gasteiger partial charge in [-0.05, 0) is 31.0 Å². The van der Waals surface area contributed by atoms with Crippen LogP contribution in [0.5, 0.6) is 0 Å². The van der Waals surface area contributed by atoms with Gasteiger partial charge in [-0.3, -0.25) is 9.63 Å². The Morgan fingerprint density at radius 2 is 2.06 bits per heavy atom. The summed E-state index contributed by atoms with van der Waals surface area (Å²) < 4.78 is 4.80. The zero-order valence-corrected chi connectivity index (χ0v) is 9.87. The number of hydrogen-bond donors (Lipinski definition) is 1. The number of benzene rings is 1. The molecule has 1 amide bonds. The van der Waals surface area contributed by atoms with E-state index >= 15 is 0 Å². The first-order chi connectivity index (χ1) is 7.66. The van der Waals surface area contributed by atoms with Gasteiger partial charge in [-0.2, -0.15) is 0 Å². The van der Waals surface area contributed by atoms with Crippen LogP contribution >= 0.6 is 0 Å². The molecular formula is C12H17NO3. The summed E-state index contributed by atoms with van der Waals surface area (Å²) in [6.07, 6.45) is 0. The maximum Gasteiger partial charge on any atom is 0.275 e. The molecule has 0 saturated heterocycles. The van der Waals surface area contributed by atoms with Gasteiger partial charge in [0.05, 0.1) is 13.2 Å². The minimum absolute atomic E-state index is 0.225. The van der Waals surface area contributed by atoms with Gasteiger partial charge in [-0.25, -0.2) is 5.48 Å². The van der Waals surface area contributed by atoms with E-state index in [0.29, 0.717) is 18.8 Å². The second-order valence-corrected chi connectivity index (χ2v) is 3.52. The third kappa shape index (κ3) is 3.32. The van der Waals surface area contributed by atoms with Crippen LogP contribution in [0, 0.1) is 13.8 Å². The molecule has 0 atom stereocenters. The first-order valence-electron chi connectivity index (χ1n) is 5.14. The van der Waals surface area contributed by atoms with Crippen LogP contribution in [-0.2, 0) is 9.57 Å². The first-order valence-corrected chi connectivity index (χ1v) is 5.14. The Balaban J connectivity index is 2.56. The second-order valence-electron chi connectivity index (χ2n) is 3.52. The third-order valence-electron chi connectivity index (χ3n) is 2.40. The first kappa shape index (κ1) is 12.7. The molecule has 0 fully saturated rings. The van der Waals surface area contributed by atoms with Crippen molar-refractivity contribution >= 4 is 5.91 Å². The number of hydroxylamine groups is 1. The molecule has 1 N–H and O–H groups in total. The van der Waals surface area contributed by atoms with Crippen molar-refractivity contribution in [2.75, 3.05) is 20.3 Å². The van der Waals surface area contributed by atoms with Crippen LogP contribution in [0.1, 0.15) is 21.5 Å². The minimum atomic E-state index is -0.225. The van der Waals surface area contributed by atoms with Crippen molar-refractivity contribution in [3.63, 3.8) is 0 Å². The molecule has 16 heavy (non-hydrogen) atoms. The van der Waals surface area contributed by atoms with E-state index in [4.69, 9.17) is 9.57 Å². The van der Waals surface area contributed by atoms with Crippen LogP contribution in [0.25, 0.3) is 0 Å². The van der Waals surface area contributed by atoms with Crippen LogP contribution in [0.4, 0.5) is 0 Å². The number of rotatable bonds is 5. The summed E-state index contributed by atoms with van der Waals surface area (Å²) >= 11 is 0. The highest BCUT2D eigenvalue weighted by Crippen LogP contribution is 2.12. The number of hydrogen-bond acceptors (Lipinski definition) is 3. The number of methoxy groups -OCH3 is 1. The molecule has 4 nitrogen and oxygen atoms in total. The molecule has 0 saturated carbocycles. The molecule has 0 heterocycles. The molecule has 0 aromatic heterocycles. The zero-order valence-electron chi connectivity index (χ0n) is 9.87. The maximum atomic E-state index is 11.7. The minimum Gasteiger partial charge on any atom is -0.382 e. The summed E-state index contributed by atoms with van der Waals surface area (Å²) in [7, 11) is 1.58. The molecule has 0 unspecified atom stereocenters. The van der Waals surface area contributed by atoms with Crippen molar-refractivity contribution in [2.24, 2.45) is 0 Å². The molecule has 1 rings (SSSR count). The Labute approximate surface area is 95.5 Å². The Morgan fingerprint density at radius 3 is 2.75 bits per heavy atom. The van der Waals surface area contributed by atoms with E-state index in [0.717, 1.165) is 11.1 Å².